The van der Waals surface area contributed by atoms with Crippen molar-refractivity contribution in [1.29, 1.82) is 0 Å². The van der Waals surface area contributed by atoms with E-state index in [1.54, 1.807) is 11.8 Å². The lowest BCUT2D eigenvalue weighted by molar-refractivity contribution is -0.00544. The van der Waals surface area contributed by atoms with Gasteiger partial charge >= 0.3 is 0 Å². The second-order valence-corrected chi connectivity index (χ2v) is 10.3. The summed E-state index contributed by atoms with van der Waals surface area (Å²) in [6.45, 7) is 9.45. The Labute approximate surface area is 202 Å². The van der Waals surface area contributed by atoms with Crippen LogP contribution in [-0.4, -0.2) is 40.0 Å². The van der Waals surface area contributed by atoms with Crippen molar-refractivity contribution in [3.63, 3.8) is 0 Å². The molecule has 2 aromatic rings. The molecule has 0 unspecified atom stereocenters. The van der Waals surface area contributed by atoms with Crippen LogP contribution < -0.4 is 10.1 Å². The summed E-state index contributed by atoms with van der Waals surface area (Å²) in [4.78, 5) is 13.0. The fraction of sp³-hybridized carbons (Fsp3) is 0.615. The average Bonchev–Trinajstić information content (AvgIpc) is 3.10. The molecule has 0 aliphatic heterocycles. The number of hydrogen-bond donors (Lipinski definition) is 2. The number of ether oxygens (including phenoxy) is 1. The standard InChI is InChI=1S/C26H38ClN3O3/c1-6-13-30-24(20-8-7-19(14-17(2)3)15-21(20)33-5)22(27)23(29-30)25(31)28-16-26(32)11-9-18(4)10-12-26/h7-8,15,17-18,32H,6,9-14,16H2,1-5H3,(H,28,31). The third kappa shape index (κ3) is 6.10. The van der Waals surface area contributed by atoms with E-state index in [4.69, 9.17) is 16.3 Å². The maximum atomic E-state index is 13.0. The first-order valence-corrected chi connectivity index (χ1v) is 12.5. The van der Waals surface area contributed by atoms with Gasteiger partial charge in [0.25, 0.3) is 5.91 Å². The fourth-order valence-corrected chi connectivity index (χ4v) is 4.87. The Kier molecular flexibility index (Phi) is 8.46. The topological polar surface area (TPSA) is 76.4 Å². The molecular formula is C26H38ClN3O3. The van der Waals surface area contributed by atoms with Crippen molar-refractivity contribution in [3.8, 4) is 17.0 Å². The Morgan fingerprint density at radius 1 is 1.36 bits per heavy atom. The number of benzene rings is 1. The molecule has 182 valence electrons. The van der Waals surface area contributed by atoms with Crippen molar-refractivity contribution in [2.45, 2.75) is 78.4 Å². The summed E-state index contributed by atoms with van der Waals surface area (Å²) in [6, 6.07) is 6.12. The van der Waals surface area contributed by atoms with Gasteiger partial charge in [-0.3, -0.25) is 9.48 Å². The molecule has 1 amide bonds. The van der Waals surface area contributed by atoms with E-state index in [0.717, 1.165) is 31.2 Å². The van der Waals surface area contributed by atoms with Crippen molar-refractivity contribution in [3.05, 3.63) is 34.5 Å². The zero-order valence-electron chi connectivity index (χ0n) is 20.6. The van der Waals surface area contributed by atoms with Gasteiger partial charge in [0.05, 0.1) is 23.4 Å². The zero-order chi connectivity index (χ0) is 24.2. The van der Waals surface area contributed by atoms with Gasteiger partial charge in [-0.1, -0.05) is 45.4 Å². The SMILES string of the molecule is CCCn1nc(C(=O)NCC2(O)CCC(C)CC2)c(Cl)c1-c1ccc(CC(C)C)cc1OC. The van der Waals surface area contributed by atoms with Crippen molar-refractivity contribution < 1.29 is 14.6 Å². The summed E-state index contributed by atoms with van der Waals surface area (Å²) in [5.74, 6) is 1.50. The van der Waals surface area contributed by atoms with E-state index >= 15 is 0 Å². The molecule has 7 heteroatoms. The molecule has 1 heterocycles. The van der Waals surface area contributed by atoms with Crippen LogP contribution in [0.3, 0.4) is 0 Å². The number of aryl methyl sites for hydroxylation is 1. The molecule has 0 saturated heterocycles. The molecular weight excluding hydrogens is 438 g/mol. The van der Waals surface area contributed by atoms with E-state index < -0.39 is 5.60 Å². The Morgan fingerprint density at radius 3 is 2.67 bits per heavy atom. The van der Waals surface area contributed by atoms with E-state index in [1.807, 2.05) is 12.1 Å². The highest BCUT2D eigenvalue weighted by molar-refractivity contribution is 6.36. The Balaban J connectivity index is 1.88. The largest absolute Gasteiger partial charge is 0.496 e. The highest BCUT2D eigenvalue weighted by Gasteiger charge is 2.33. The second kappa shape index (κ2) is 10.9. The Hall–Kier alpha value is -2.05. The monoisotopic (exact) mass is 475 g/mol. The molecule has 33 heavy (non-hydrogen) atoms. The van der Waals surface area contributed by atoms with Crippen LogP contribution >= 0.6 is 11.6 Å². The van der Waals surface area contributed by atoms with Gasteiger partial charge in [-0.2, -0.15) is 5.10 Å². The Bertz CT molecular complexity index is 962. The minimum Gasteiger partial charge on any atom is -0.496 e. The minimum absolute atomic E-state index is 0.182. The van der Waals surface area contributed by atoms with Crippen LogP contribution in [-0.2, 0) is 13.0 Å². The quantitative estimate of drug-likeness (QED) is 0.502. The smallest absolute Gasteiger partial charge is 0.273 e. The number of nitrogens with one attached hydrogen (secondary N) is 1. The number of halogens is 1. The molecule has 1 aliphatic rings. The van der Waals surface area contributed by atoms with E-state index in [-0.39, 0.29) is 18.1 Å². The van der Waals surface area contributed by atoms with E-state index in [2.05, 4.69) is 44.2 Å². The molecule has 1 aromatic carbocycles. The van der Waals surface area contributed by atoms with Crippen LogP contribution in [0.1, 0.15) is 75.9 Å². The lowest BCUT2D eigenvalue weighted by Crippen LogP contribution is -2.45. The maximum Gasteiger partial charge on any atom is 0.273 e. The third-order valence-corrected chi connectivity index (χ3v) is 6.85. The van der Waals surface area contributed by atoms with Gasteiger partial charge in [-0.25, -0.2) is 0 Å². The average molecular weight is 476 g/mol. The first-order chi connectivity index (χ1) is 15.7. The van der Waals surface area contributed by atoms with Gasteiger partial charge in [0.1, 0.15) is 5.75 Å². The summed E-state index contributed by atoms with van der Waals surface area (Å²) in [5.41, 5.74) is 2.01. The van der Waals surface area contributed by atoms with Gasteiger partial charge in [-0.05, 0) is 68.1 Å². The van der Waals surface area contributed by atoms with E-state index in [9.17, 15) is 9.90 Å². The molecule has 0 radical (unpaired) electrons. The normalized spacial score (nSPS) is 20.8. The fourth-order valence-electron chi connectivity index (χ4n) is 4.55. The lowest BCUT2D eigenvalue weighted by atomic mass is 9.79. The van der Waals surface area contributed by atoms with E-state index in [1.165, 1.54) is 5.56 Å². The Morgan fingerprint density at radius 2 is 2.06 bits per heavy atom. The summed E-state index contributed by atoms with van der Waals surface area (Å²) in [5, 5.41) is 18.6. The van der Waals surface area contributed by atoms with Crippen LogP contribution in [0.4, 0.5) is 0 Å². The second-order valence-electron chi connectivity index (χ2n) is 9.96. The number of aromatic nitrogens is 2. The number of carbonyl (C=O) groups is 1. The molecule has 6 nitrogen and oxygen atoms in total. The number of methoxy groups -OCH3 is 1. The summed E-state index contributed by atoms with van der Waals surface area (Å²) >= 11 is 6.76. The zero-order valence-corrected chi connectivity index (χ0v) is 21.3. The number of carbonyl (C=O) groups excluding carboxylic acids is 1. The van der Waals surface area contributed by atoms with Crippen LogP contribution in [0.15, 0.2) is 18.2 Å². The predicted molar refractivity (Wildman–Crippen MR) is 133 cm³/mol. The molecule has 0 bridgehead atoms. The van der Waals surface area contributed by atoms with Crippen LogP contribution in [0.5, 0.6) is 5.75 Å². The summed E-state index contributed by atoms with van der Waals surface area (Å²) in [6.07, 6.45) is 5.12. The lowest BCUT2D eigenvalue weighted by Gasteiger charge is -2.34. The summed E-state index contributed by atoms with van der Waals surface area (Å²) in [7, 11) is 1.64. The molecule has 1 aliphatic carbocycles. The van der Waals surface area contributed by atoms with E-state index in [0.29, 0.717) is 47.7 Å². The first kappa shape index (κ1) is 25.6. The number of amides is 1. The molecule has 0 spiro atoms. The first-order valence-electron chi connectivity index (χ1n) is 12.1. The van der Waals surface area contributed by atoms with Crippen molar-refractivity contribution in [2.24, 2.45) is 11.8 Å². The van der Waals surface area contributed by atoms with Crippen molar-refractivity contribution in [2.75, 3.05) is 13.7 Å². The van der Waals surface area contributed by atoms with Crippen LogP contribution in [0, 0.1) is 11.8 Å². The molecule has 3 rings (SSSR count). The summed E-state index contributed by atoms with van der Waals surface area (Å²) < 4.78 is 7.48. The van der Waals surface area contributed by atoms with Gasteiger partial charge in [0, 0.05) is 18.7 Å². The van der Waals surface area contributed by atoms with Gasteiger partial charge in [-0.15, -0.1) is 0 Å². The predicted octanol–water partition coefficient (Wildman–Crippen LogP) is 5.49. The van der Waals surface area contributed by atoms with Crippen LogP contribution in [0.25, 0.3) is 11.3 Å². The van der Waals surface area contributed by atoms with Gasteiger partial charge in [0.2, 0.25) is 0 Å². The molecule has 1 saturated carbocycles. The van der Waals surface area contributed by atoms with Gasteiger partial charge in [0.15, 0.2) is 5.69 Å². The highest BCUT2D eigenvalue weighted by atomic mass is 35.5. The van der Waals surface area contributed by atoms with Crippen molar-refractivity contribution in [1.82, 2.24) is 15.1 Å². The highest BCUT2D eigenvalue weighted by Crippen LogP contribution is 2.38. The minimum atomic E-state index is -0.862. The van der Waals surface area contributed by atoms with Crippen LogP contribution in [0.2, 0.25) is 5.02 Å². The number of aliphatic hydroxyl groups is 1. The number of hydrogen-bond acceptors (Lipinski definition) is 4. The van der Waals surface area contributed by atoms with Crippen molar-refractivity contribution >= 4 is 17.5 Å². The molecule has 1 fully saturated rings. The molecule has 2 N–H and O–H groups in total. The third-order valence-electron chi connectivity index (χ3n) is 6.49. The molecule has 0 atom stereocenters. The number of nitrogens with zero attached hydrogens (tertiary/aromatic N) is 2. The molecule has 1 aromatic heterocycles. The number of rotatable bonds is 9. The maximum absolute atomic E-state index is 13.0. The van der Waals surface area contributed by atoms with Gasteiger partial charge < -0.3 is 15.2 Å².